The number of nitrogens with zero attached hydrogens (tertiary/aromatic N) is 1. The molecular weight excluding hydrogens is 294 g/mol. The van der Waals surface area contributed by atoms with Crippen LogP contribution in [-0.2, 0) is 11.2 Å². The second-order valence-corrected chi connectivity index (χ2v) is 5.97. The third kappa shape index (κ3) is 4.51. The summed E-state index contributed by atoms with van der Waals surface area (Å²) in [6.07, 6.45) is 0.298. The van der Waals surface area contributed by atoms with Crippen molar-refractivity contribution in [2.24, 2.45) is 0 Å². The molecule has 4 nitrogen and oxygen atoms in total. The Morgan fingerprint density at radius 3 is 2.95 bits per heavy atom. The molecule has 0 spiro atoms. The fourth-order valence-corrected chi connectivity index (χ4v) is 2.59. The van der Waals surface area contributed by atoms with Gasteiger partial charge < -0.3 is 10.6 Å². The molecule has 20 heavy (non-hydrogen) atoms. The highest BCUT2D eigenvalue weighted by molar-refractivity contribution is 7.13. The van der Waals surface area contributed by atoms with Crippen LogP contribution in [0.4, 0.5) is 10.8 Å². The molecule has 6 heteroatoms. The number of rotatable bonds is 5. The number of nitrogens with one attached hydrogen (secondary N) is 2. The number of hydrogen-bond acceptors (Lipinski definition) is 4. The van der Waals surface area contributed by atoms with Gasteiger partial charge in [-0.15, -0.1) is 11.3 Å². The van der Waals surface area contributed by atoms with Crippen molar-refractivity contribution in [2.75, 3.05) is 5.32 Å². The van der Waals surface area contributed by atoms with E-state index in [9.17, 15) is 4.79 Å². The summed E-state index contributed by atoms with van der Waals surface area (Å²) < 4.78 is 0. The Morgan fingerprint density at radius 1 is 1.45 bits per heavy atom. The van der Waals surface area contributed by atoms with Crippen LogP contribution in [0.25, 0.3) is 0 Å². The van der Waals surface area contributed by atoms with Crippen LogP contribution < -0.4 is 10.6 Å². The molecule has 0 bridgehead atoms. The van der Waals surface area contributed by atoms with Gasteiger partial charge in [-0.3, -0.25) is 4.79 Å². The van der Waals surface area contributed by atoms with Crippen LogP contribution in [0.5, 0.6) is 0 Å². The first kappa shape index (κ1) is 14.8. The molecule has 0 aliphatic heterocycles. The Kier molecular flexibility index (Phi) is 4.98. The van der Waals surface area contributed by atoms with Gasteiger partial charge in [0.2, 0.25) is 5.91 Å². The molecule has 0 aliphatic carbocycles. The Labute approximate surface area is 127 Å². The molecule has 0 atom stereocenters. The summed E-state index contributed by atoms with van der Waals surface area (Å²) in [5, 5.41) is 9.32. The number of amides is 1. The number of thiazole rings is 1. The topological polar surface area (TPSA) is 54.0 Å². The van der Waals surface area contributed by atoms with E-state index in [1.54, 1.807) is 0 Å². The first-order chi connectivity index (χ1) is 9.52. The van der Waals surface area contributed by atoms with E-state index in [0.717, 1.165) is 16.5 Å². The quantitative estimate of drug-likeness (QED) is 0.887. The van der Waals surface area contributed by atoms with Crippen LogP contribution in [-0.4, -0.2) is 16.9 Å². The van der Waals surface area contributed by atoms with Crippen molar-refractivity contribution in [1.29, 1.82) is 0 Å². The Morgan fingerprint density at radius 2 is 2.25 bits per heavy atom. The predicted octanol–water partition coefficient (Wildman–Crippen LogP) is 3.61. The van der Waals surface area contributed by atoms with E-state index in [1.165, 1.54) is 11.3 Å². The lowest BCUT2D eigenvalue weighted by molar-refractivity contribution is -0.120. The van der Waals surface area contributed by atoms with Crippen molar-refractivity contribution in [3.05, 3.63) is 40.4 Å². The molecule has 0 saturated carbocycles. The van der Waals surface area contributed by atoms with Gasteiger partial charge >= 0.3 is 0 Å². The Balaban J connectivity index is 1.97. The van der Waals surface area contributed by atoms with E-state index >= 15 is 0 Å². The summed E-state index contributed by atoms with van der Waals surface area (Å²) >= 11 is 7.39. The van der Waals surface area contributed by atoms with E-state index in [2.05, 4.69) is 15.6 Å². The van der Waals surface area contributed by atoms with Gasteiger partial charge in [0, 0.05) is 22.1 Å². The maximum atomic E-state index is 11.7. The smallest absolute Gasteiger partial charge is 0.226 e. The normalized spacial score (nSPS) is 10.6. The molecule has 1 heterocycles. The van der Waals surface area contributed by atoms with E-state index in [4.69, 9.17) is 11.6 Å². The van der Waals surface area contributed by atoms with Crippen LogP contribution in [0.1, 0.15) is 19.5 Å². The molecule has 0 saturated heterocycles. The third-order valence-corrected chi connectivity index (χ3v) is 3.46. The van der Waals surface area contributed by atoms with E-state index < -0.39 is 0 Å². The number of halogens is 1. The lowest BCUT2D eigenvalue weighted by Crippen LogP contribution is -2.31. The third-order valence-electron chi connectivity index (χ3n) is 2.42. The molecule has 1 amide bonds. The zero-order valence-corrected chi connectivity index (χ0v) is 12.9. The van der Waals surface area contributed by atoms with E-state index in [1.807, 2.05) is 43.5 Å². The van der Waals surface area contributed by atoms with Gasteiger partial charge in [-0.25, -0.2) is 4.98 Å². The average molecular weight is 310 g/mol. The van der Waals surface area contributed by atoms with Crippen LogP contribution >= 0.6 is 22.9 Å². The van der Waals surface area contributed by atoms with Crippen LogP contribution in [0.15, 0.2) is 29.6 Å². The molecule has 106 valence electrons. The number of hydrogen-bond donors (Lipinski definition) is 2. The highest BCUT2D eigenvalue weighted by Crippen LogP contribution is 2.23. The summed E-state index contributed by atoms with van der Waals surface area (Å²) in [5.74, 6) is -0.0143. The zero-order chi connectivity index (χ0) is 14.5. The fraction of sp³-hybridized carbons (Fsp3) is 0.286. The minimum atomic E-state index is -0.0143. The van der Waals surface area contributed by atoms with Gasteiger partial charge in [0.05, 0.1) is 12.1 Å². The molecule has 2 N–H and O–H groups in total. The SMILES string of the molecule is CC(C)NC(=O)Cc1csc(Nc2cccc(Cl)c2)n1. The summed E-state index contributed by atoms with van der Waals surface area (Å²) in [6, 6.07) is 7.57. The van der Waals surface area contributed by atoms with Crippen LogP contribution in [0, 0.1) is 0 Å². The van der Waals surface area contributed by atoms with Gasteiger partial charge in [-0.1, -0.05) is 17.7 Å². The minimum Gasteiger partial charge on any atom is -0.354 e. The maximum Gasteiger partial charge on any atom is 0.226 e. The minimum absolute atomic E-state index is 0.0143. The standard InChI is InChI=1S/C14H16ClN3OS/c1-9(2)16-13(19)7-12-8-20-14(18-12)17-11-5-3-4-10(15)6-11/h3-6,8-9H,7H2,1-2H3,(H,16,19)(H,17,18). The van der Waals surface area contributed by atoms with Crippen molar-refractivity contribution in [2.45, 2.75) is 26.3 Å². The number of aromatic nitrogens is 1. The lowest BCUT2D eigenvalue weighted by atomic mass is 10.3. The summed E-state index contributed by atoms with van der Waals surface area (Å²) in [4.78, 5) is 16.0. The van der Waals surface area contributed by atoms with Crippen molar-refractivity contribution in [3.8, 4) is 0 Å². The first-order valence-corrected chi connectivity index (χ1v) is 7.55. The Hall–Kier alpha value is -1.59. The molecule has 1 aromatic carbocycles. The molecule has 0 fully saturated rings. The van der Waals surface area contributed by atoms with Gasteiger partial charge in [-0.2, -0.15) is 0 Å². The van der Waals surface area contributed by atoms with Crippen molar-refractivity contribution in [1.82, 2.24) is 10.3 Å². The van der Waals surface area contributed by atoms with Gasteiger partial charge in [0.25, 0.3) is 0 Å². The molecule has 2 rings (SSSR count). The number of carbonyl (C=O) groups excluding carboxylic acids is 1. The van der Waals surface area contributed by atoms with Crippen molar-refractivity contribution < 1.29 is 4.79 Å². The maximum absolute atomic E-state index is 11.7. The van der Waals surface area contributed by atoms with Gasteiger partial charge in [-0.05, 0) is 32.0 Å². The largest absolute Gasteiger partial charge is 0.354 e. The summed E-state index contributed by atoms with van der Waals surface area (Å²) in [7, 11) is 0. The number of carbonyl (C=O) groups is 1. The predicted molar refractivity (Wildman–Crippen MR) is 83.8 cm³/mol. The summed E-state index contributed by atoms with van der Waals surface area (Å²) in [6.45, 7) is 3.87. The Bertz CT molecular complexity index is 598. The highest BCUT2D eigenvalue weighted by Gasteiger charge is 2.08. The second-order valence-electron chi connectivity index (χ2n) is 4.68. The molecule has 2 aromatic rings. The zero-order valence-electron chi connectivity index (χ0n) is 11.3. The van der Waals surface area contributed by atoms with E-state index in [0.29, 0.717) is 11.4 Å². The van der Waals surface area contributed by atoms with Crippen molar-refractivity contribution in [3.63, 3.8) is 0 Å². The monoisotopic (exact) mass is 309 g/mol. The average Bonchev–Trinajstić information content (AvgIpc) is 2.75. The molecule has 0 unspecified atom stereocenters. The summed E-state index contributed by atoms with van der Waals surface area (Å²) in [5.41, 5.74) is 1.64. The highest BCUT2D eigenvalue weighted by atomic mass is 35.5. The van der Waals surface area contributed by atoms with Crippen LogP contribution in [0.3, 0.4) is 0 Å². The second kappa shape index (κ2) is 6.72. The number of anilines is 2. The van der Waals surface area contributed by atoms with Gasteiger partial charge in [0.1, 0.15) is 0 Å². The molecule has 0 aliphatic rings. The lowest BCUT2D eigenvalue weighted by Gasteiger charge is -2.06. The molecule has 0 radical (unpaired) electrons. The first-order valence-electron chi connectivity index (χ1n) is 6.29. The van der Waals surface area contributed by atoms with E-state index in [-0.39, 0.29) is 11.9 Å². The molecular formula is C14H16ClN3OS. The molecule has 1 aromatic heterocycles. The number of benzene rings is 1. The van der Waals surface area contributed by atoms with Crippen LogP contribution in [0.2, 0.25) is 5.02 Å². The fourth-order valence-electron chi connectivity index (χ4n) is 1.67. The van der Waals surface area contributed by atoms with Gasteiger partial charge in [0.15, 0.2) is 5.13 Å². The van der Waals surface area contributed by atoms with Crippen molar-refractivity contribution >= 4 is 39.7 Å².